The Morgan fingerprint density at radius 2 is 2.21 bits per heavy atom. The number of aromatic nitrogens is 1. The van der Waals surface area contributed by atoms with Gasteiger partial charge in [0.2, 0.25) is 0 Å². The molecule has 1 heterocycles. The first-order valence-corrected chi connectivity index (χ1v) is 6.62. The molecule has 19 heavy (non-hydrogen) atoms. The average molecular weight is 260 g/mol. The second kappa shape index (κ2) is 6.27. The molecule has 0 unspecified atom stereocenters. The molecule has 0 spiro atoms. The van der Waals surface area contributed by atoms with Crippen molar-refractivity contribution < 1.29 is 9.53 Å². The van der Waals surface area contributed by atoms with E-state index in [9.17, 15) is 4.79 Å². The standard InChI is InChI=1S/C15H20N2O2/c1-11(2)10-19-15(18)17-7-5-12-3-4-13-6-8-16-14(13)9-12/h3-4,6,8-9,11,16H,5,7,10H2,1-2H3,(H,17,18). The molecule has 2 N–H and O–H groups in total. The molecule has 4 nitrogen and oxygen atoms in total. The van der Waals surface area contributed by atoms with Crippen LogP contribution in [0.25, 0.3) is 10.9 Å². The molecule has 1 amide bonds. The highest BCUT2D eigenvalue weighted by atomic mass is 16.5. The van der Waals surface area contributed by atoms with E-state index in [4.69, 9.17) is 4.74 Å². The number of nitrogens with one attached hydrogen (secondary N) is 2. The Balaban J connectivity index is 1.77. The minimum Gasteiger partial charge on any atom is -0.449 e. The molecule has 102 valence electrons. The van der Waals surface area contributed by atoms with Crippen LogP contribution < -0.4 is 5.32 Å². The lowest BCUT2D eigenvalue weighted by molar-refractivity contribution is 0.133. The molecule has 0 saturated heterocycles. The molecule has 0 atom stereocenters. The normalized spacial score (nSPS) is 10.9. The Bertz CT molecular complexity index is 546. The number of hydrogen-bond donors (Lipinski definition) is 2. The van der Waals surface area contributed by atoms with E-state index in [0.29, 0.717) is 19.1 Å². The summed E-state index contributed by atoms with van der Waals surface area (Å²) >= 11 is 0. The summed E-state index contributed by atoms with van der Waals surface area (Å²) in [5, 5.41) is 3.96. The summed E-state index contributed by atoms with van der Waals surface area (Å²) in [6.45, 7) is 5.07. The van der Waals surface area contributed by atoms with Gasteiger partial charge in [0.15, 0.2) is 0 Å². The van der Waals surface area contributed by atoms with E-state index in [1.54, 1.807) is 0 Å². The van der Waals surface area contributed by atoms with Crippen molar-refractivity contribution in [3.63, 3.8) is 0 Å². The first-order chi connectivity index (χ1) is 9.15. The maximum Gasteiger partial charge on any atom is 0.407 e. The summed E-state index contributed by atoms with van der Waals surface area (Å²) in [5.74, 6) is 0.362. The van der Waals surface area contributed by atoms with Crippen molar-refractivity contribution in [2.75, 3.05) is 13.2 Å². The fraction of sp³-hybridized carbons (Fsp3) is 0.400. The summed E-state index contributed by atoms with van der Waals surface area (Å²) in [6.07, 6.45) is 2.39. The molecule has 0 bridgehead atoms. The summed E-state index contributed by atoms with van der Waals surface area (Å²) in [5.41, 5.74) is 2.32. The molecule has 2 rings (SSSR count). The van der Waals surface area contributed by atoms with Crippen LogP contribution in [0.3, 0.4) is 0 Å². The Hall–Kier alpha value is -1.97. The maximum absolute atomic E-state index is 11.4. The van der Waals surface area contributed by atoms with Crippen LogP contribution in [-0.4, -0.2) is 24.2 Å². The predicted octanol–water partition coefficient (Wildman–Crippen LogP) is 3.09. The number of aromatic amines is 1. The molecule has 4 heteroatoms. The predicted molar refractivity (Wildman–Crippen MR) is 76.2 cm³/mol. The van der Waals surface area contributed by atoms with E-state index in [1.165, 1.54) is 10.9 Å². The highest BCUT2D eigenvalue weighted by Gasteiger charge is 2.03. The van der Waals surface area contributed by atoms with Crippen LogP contribution in [-0.2, 0) is 11.2 Å². The summed E-state index contributed by atoms with van der Waals surface area (Å²) in [4.78, 5) is 14.5. The van der Waals surface area contributed by atoms with Crippen molar-refractivity contribution in [2.24, 2.45) is 5.92 Å². The van der Waals surface area contributed by atoms with Gasteiger partial charge in [-0.25, -0.2) is 4.79 Å². The molecule has 0 aliphatic carbocycles. The van der Waals surface area contributed by atoms with E-state index in [0.717, 1.165) is 11.9 Å². The van der Waals surface area contributed by atoms with Crippen molar-refractivity contribution in [2.45, 2.75) is 20.3 Å². The summed E-state index contributed by atoms with van der Waals surface area (Å²) < 4.78 is 5.04. The molecule has 1 aromatic heterocycles. The van der Waals surface area contributed by atoms with Gasteiger partial charge in [0.25, 0.3) is 0 Å². The van der Waals surface area contributed by atoms with Gasteiger partial charge in [-0.05, 0) is 35.4 Å². The van der Waals surface area contributed by atoms with Gasteiger partial charge in [-0.15, -0.1) is 0 Å². The van der Waals surface area contributed by atoms with Crippen LogP contribution >= 0.6 is 0 Å². The Labute approximate surface area is 113 Å². The molecule has 0 aliphatic heterocycles. The van der Waals surface area contributed by atoms with Gasteiger partial charge in [0.1, 0.15) is 0 Å². The van der Waals surface area contributed by atoms with Crippen LogP contribution in [0.2, 0.25) is 0 Å². The molecule has 0 saturated carbocycles. The number of hydrogen-bond acceptors (Lipinski definition) is 2. The number of carbonyl (C=O) groups excluding carboxylic acids is 1. The Morgan fingerprint density at radius 1 is 1.37 bits per heavy atom. The second-order valence-corrected chi connectivity index (χ2v) is 5.07. The number of H-pyrrole nitrogens is 1. The van der Waals surface area contributed by atoms with E-state index in [2.05, 4.69) is 28.5 Å². The van der Waals surface area contributed by atoms with Crippen molar-refractivity contribution >= 4 is 17.0 Å². The SMILES string of the molecule is CC(C)COC(=O)NCCc1ccc2cc[nH]c2c1. The molecule has 0 aliphatic rings. The smallest absolute Gasteiger partial charge is 0.407 e. The highest BCUT2D eigenvalue weighted by Crippen LogP contribution is 2.14. The zero-order valence-electron chi connectivity index (χ0n) is 11.4. The summed E-state index contributed by atoms with van der Waals surface area (Å²) in [7, 11) is 0. The van der Waals surface area contributed by atoms with Gasteiger partial charge in [-0.3, -0.25) is 0 Å². The van der Waals surface area contributed by atoms with Gasteiger partial charge in [0, 0.05) is 18.3 Å². The quantitative estimate of drug-likeness (QED) is 0.868. The number of alkyl carbamates (subject to hydrolysis) is 1. The summed E-state index contributed by atoms with van der Waals surface area (Å²) in [6, 6.07) is 8.31. The van der Waals surface area contributed by atoms with Crippen molar-refractivity contribution in [1.29, 1.82) is 0 Å². The number of ether oxygens (including phenoxy) is 1. The third kappa shape index (κ3) is 4.02. The minimum absolute atomic E-state index is 0.338. The average Bonchev–Trinajstić information content (AvgIpc) is 2.83. The Morgan fingerprint density at radius 3 is 3.00 bits per heavy atom. The van der Waals surface area contributed by atoms with Crippen LogP contribution in [0.5, 0.6) is 0 Å². The topological polar surface area (TPSA) is 54.1 Å². The Kier molecular flexibility index (Phi) is 4.44. The molecule has 2 aromatic rings. The van der Waals surface area contributed by atoms with Gasteiger partial charge >= 0.3 is 6.09 Å². The molecule has 1 aromatic carbocycles. The van der Waals surface area contributed by atoms with Crippen LogP contribution in [0.1, 0.15) is 19.4 Å². The number of rotatable bonds is 5. The number of fused-ring (bicyclic) bond motifs is 1. The fourth-order valence-electron chi connectivity index (χ4n) is 1.85. The highest BCUT2D eigenvalue weighted by molar-refractivity contribution is 5.79. The number of carbonyl (C=O) groups is 1. The first-order valence-electron chi connectivity index (χ1n) is 6.62. The molecular formula is C15H20N2O2. The number of benzene rings is 1. The van der Waals surface area contributed by atoms with E-state index < -0.39 is 0 Å². The largest absolute Gasteiger partial charge is 0.449 e. The number of amides is 1. The van der Waals surface area contributed by atoms with Crippen LogP contribution in [0, 0.1) is 5.92 Å². The maximum atomic E-state index is 11.4. The van der Waals surface area contributed by atoms with Crippen molar-refractivity contribution in [3.8, 4) is 0 Å². The molecule has 0 radical (unpaired) electrons. The van der Waals surface area contributed by atoms with Gasteiger partial charge in [-0.2, -0.15) is 0 Å². The van der Waals surface area contributed by atoms with Crippen LogP contribution in [0.15, 0.2) is 30.5 Å². The van der Waals surface area contributed by atoms with E-state index in [1.807, 2.05) is 26.1 Å². The molecular weight excluding hydrogens is 240 g/mol. The zero-order chi connectivity index (χ0) is 13.7. The van der Waals surface area contributed by atoms with Crippen LogP contribution in [0.4, 0.5) is 4.79 Å². The lowest BCUT2D eigenvalue weighted by Crippen LogP contribution is -2.27. The lowest BCUT2D eigenvalue weighted by Gasteiger charge is -2.08. The fourth-order valence-corrected chi connectivity index (χ4v) is 1.85. The third-order valence-corrected chi connectivity index (χ3v) is 2.85. The van der Waals surface area contributed by atoms with Crippen molar-refractivity contribution in [1.82, 2.24) is 10.3 Å². The van der Waals surface area contributed by atoms with Gasteiger partial charge in [0.05, 0.1) is 6.61 Å². The lowest BCUT2D eigenvalue weighted by atomic mass is 10.1. The van der Waals surface area contributed by atoms with E-state index >= 15 is 0 Å². The first kappa shape index (κ1) is 13.5. The van der Waals surface area contributed by atoms with Gasteiger partial charge in [-0.1, -0.05) is 26.0 Å². The van der Waals surface area contributed by atoms with Gasteiger partial charge < -0.3 is 15.0 Å². The van der Waals surface area contributed by atoms with E-state index in [-0.39, 0.29) is 6.09 Å². The second-order valence-electron chi connectivity index (χ2n) is 5.07. The monoisotopic (exact) mass is 260 g/mol. The third-order valence-electron chi connectivity index (χ3n) is 2.85. The zero-order valence-corrected chi connectivity index (χ0v) is 11.4. The van der Waals surface area contributed by atoms with Crippen molar-refractivity contribution in [3.05, 3.63) is 36.0 Å². The minimum atomic E-state index is -0.338. The molecule has 0 fully saturated rings.